The molecule has 2 atom stereocenters. The van der Waals surface area contributed by atoms with Gasteiger partial charge in [-0.3, -0.25) is 9.59 Å². The summed E-state index contributed by atoms with van der Waals surface area (Å²) in [4.78, 5) is 21.4. The highest BCUT2D eigenvalue weighted by molar-refractivity contribution is 6.68. The van der Waals surface area contributed by atoms with Crippen molar-refractivity contribution in [2.24, 2.45) is 17.3 Å². The summed E-state index contributed by atoms with van der Waals surface area (Å²) in [6.07, 6.45) is 0. The Labute approximate surface area is 74.9 Å². The third-order valence-corrected chi connectivity index (χ3v) is 2.79. The van der Waals surface area contributed by atoms with E-state index in [1.165, 1.54) is 0 Å². The Morgan fingerprint density at radius 1 is 1.09 bits per heavy atom. The lowest BCUT2D eigenvalue weighted by Gasteiger charge is -1.95. The minimum absolute atomic E-state index is 0.336. The van der Waals surface area contributed by atoms with Crippen molar-refractivity contribution in [3.63, 3.8) is 0 Å². The van der Waals surface area contributed by atoms with Crippen LogP contribution < -0.4 is 0 Å². The average molecular weight is 195 g/mol. The fraction of sp³-hybridized carbons (Fsp3) is 0.714. The van der Waals surface area contributed by atoms with Crippen molar-refractivity contribution in [1.82, 2.24) is 0 Å². The van der Waals surface area contributed by atoms with Gasteiger partial charge < -0.3 is 0 Å². The van der Waals surface area contributed by atoms with Gasteiger partial charge in [0.2, 0.25) is 10.5 Å². The fourth-order valence-corrected chi connectivity index (χ4v) is 2.30. The van der Waals surface area contributed by atoms with Gasteiger partial charge >= 0.3 is 0 Å². The molecule has 0 saturated heterocycles. The standard InChI is InChI=1S/C7H8Cl2O2/c1-7(2)3(5(8)10)4(7)6(9)11/h3-4H,1-2H3/t3-,4+. The van der Waals surface area contributed by atoms with Gasteiger partial charge in [-0.1, -0.05) is 13.8 Å². The van der Waals surface area contributed by atoms with Crippen molar-refractivity contribution in [3.05, 3.63) is 0 Å². The van der Waals surface area contributed by atoms with Crippen LogP contribution in [0, 0.1) is 17.3 Å². The number of halogens is 2. The first kappa shape index (κ1) is 9.01. The molecule has 2 nitrogen and oxygen atoms in total. The topological polar surface area (TPSA) is 34.1 Å². The number of carbonyl (C=O) groups excluding carboxylic acids is 2. The predicted molar refractivity (Wildman–Crippen MR) is 42.5 cm³/mol. The molecular formula is C7H8Cl2O2. The van der Waals surface area contributed by atoms with Crippen molar-refractivity contribution in [2.45, 2.75) is 13.8 Å². The average Bonchev–Trinajstić information content (AvgIpc) is 2.33. The van der Waals surface area contributed by atoms with Crippen LogP contribution in [0.5, 0.6) is 0 Å². The SMILES string of the molecule is CC1(C)[C@H](C(=O)Cl)[C@@H]1C(=O)Cl. The van der Waals surface area contributed by atoms with Crippen LogP contribution in [0.25, 0.3) is 0 Å². The van der Waals surface area contributed by atoms with Gasteiger partial charge in [0, 0.05) is 0 Å². The summed E-state index contributed by atoms with van der Waals surface area (Å²) in [5, 5.41) is -0.928. The monoisotopic (exact) mass is 194 g/mol. The van der Waals surface area contributed by atoms with Crippen LogP contribution >= 0.6 is 23.2 Å². The quantitative estimate of drug-likeness (QED) is 0.629. The molecule has 0 aromatic heterocycles. The smallest absolute Gasteiger partial charge is 0.226 e. The molecule has 0 N–H and O–H groups in total. The van der Waals surface area contributed by atoms with E-state index in [-0.39, 0.29) is 17.3 Å². The Morgan fingerprint density at radius 2 is 1.36 bits per heavy atom. The van der Waals surface area contributed by atoms with E-state index in [0.717, 1.165) is 0 Å². The van der Waals surface area contributed by atoms with Crippen LogP contribution in [0.4, 0.5) is 0 Å². The van der Waals surface area contributed by atoms with Crippen molar-refractivity contribution in [1.29, 1.82) is 0 Å². The molecule has 0 aliphatic heterocycles. The minimum Gasteiger partial charge on any atom is -0.281 e. The number of carbonyl (C=O) groups is 2. The van der Waals surface area contributed by atoms with Crippen molar-refractivity contribution >= 4 is 33.7 Å². The van der Waals surface area contributed by atoms with E-state index < -0.39 is 10.5 Å². The first-order chi connectivity index (χ1) is 4.89. The van der Waals surface area contributed by atoms with Crippen molar-refractivity contribution in [3.8, 4) is 0 Å². The molecule has 0 spiro atoms. The highest BCUT2D eigenvalue weighted by Gasteiger charge is 2.64. The molecule has 1 aliphatic carbocycles. The molecule has 1 saturated carbocycles. The molecule has 0 radical (unpaired) electrons. The fourth-order valence-electron chi connectivity index (χ4n) is 1.48. The molecule has 11 heavy (non-hydrogen) atoms. The molecular weight excluding hydrogens is 187 g/mol. The second kappa shape index (κ2) is 2.46. The Kier molecular flexibility index (Phi) is 2.01. The summed E-state index contributed by atoms with van der Waals surface area (Å²) in [6, 6.07) is 0. The van der Waals surface area contributed by atoms with Gasteiger partial charge in [-0.05, 0) is 28.6 Å². The molecule has 1 rings (SSSR count). The zero-order valence-electron chi connectivity index (χ0n) is 6.23. The minimum atomic E-state index is -0.464. The third kappa shape index (κ3) is 1.30. The van der Waals surface area contributed by atoms with Crippen LogP contribution in [-0.4, -0.2) is 10.5 Å². The van der Waals surface area contributed by atoms with E-state index in [1.807, 2.05) is 13.8 Å². The molecule has 1 fully saturated rings. The summed E-state index contributed by atoms with van der Waals surface area (Å²) in [5.41, 5.74) is -0.336. The van der Waals surface area contributed by atoms with E-state index in [4.69, 9.17) is 23.2 Å². The van der Waals surface area contributed by atoms with Crippen LogP contribution in [0.2, 0.25) is 0 Å². The largest absolute Gasteiger partial charge is 0.281 e. The maximum absolute atomic E-state index is 10.7. The lowest BCUT2D eigenvalue weighted by molar-refractivity contribution is -0.117. The normalized spacial score (nSPS) is 33.1. The van der Waals surface area contributed by atoms with E-state index in [1.54, 1.807) is 0 Å². The predicted octanol–water partition coefficient (Wildman–Crippen LogP) is 1.79. The zero-order valence-corrected chi connectivity index (χ0v) is 7.74. The molecule has 0 unspecified atom stereocenters. The second-order valence-corrected chi connectivity index (χ2v) is 4.13. The van der Waals surface area contributed by atoms with Crippen LogP contribution in [0.15, 0.2) is 0 Å². The highest BCUT2D eigenvalue weighted by atomic mass is 35.5. The van der Waals surface area contributed by atoms with E-state index >= 15 is 0 Å². The summed E-state index contributed by atoms with van der Waals surface area (Å²) in [7, 11) is 0. The maximum atomic E-state index is 10.7. The van der Waals surface area contributed by atoms with Gasteiger partial charge in [-0.2, -0.15) is 0 Å². The Balaban J connectivity index is 2.76. The van der Waals surface area contributed by atoms with Crippen molar-refractivity contribution in [2.75, 3.05) is 0 Å². The van der Waals surface area contributed by atoms with Gasteiger partial charge in [-0.15, -0.1) is 0 Å². The molecule has 0 amide bonds. The van der Waals surface area contributed by atoms with Crippen molar-refractivity contribution < 1.29 is 9.59 Å². The summed E-state index contributed by atoms with van der Waals surface area (Å²) < 4.78 is 0. The van der Waals surface area contributed by atoms with Gasteiger partial charge in [-0.25, -0.2) is 0 Å². The Hall–Kier alpha value is -0.0800. The first-order valence-corrected chi connectivity index (χ1v) is 4.03. The van der Waals surface area contributed by atoms with Gasteiger partial charge in [0.05, 0.1) is 11.8 Å². The number of hydrogen-bond donors (Lipinski definition) is 0. The molecule has 0 aromatic carbocycles. The van der Waals surface area contributed by atoms with E-state index in [2.05, 4.69) is 0 Å². The summed E-state index contributed by atoms with van der Waals surface area (Å²) >= 11 is 10.5. The second-order valence-electron chi connectivity index (χ2n) is 3.38. The molecule has 0 heterocycles. The van der Waals surface area contributed by atoms with Gasteiger partial charge in [0.1, 0.15) is 0 Å². The Bertz CT molecular complexity index is 200. The molecule has 1 aliphatic rings. The summed E-state index contributed by atoms with van der Waals surface area (Å²) in [6.45, 7) is 3.62. The first-order valence-electron chi connectivity index (χ1n) is 3.27. The maximum Gasteiger partial charge on any atom is 0.226 e. The molecule has 0 aromatic rings. The Morgan fingerprint density at radius 3 is 1.45 bits per heavy atom. The van der Waals surface area contributed by atoms with Crippen LogP contribution in [0.1, 0.15) is 13.8 Å². The van der Waals surface area contributed by atoms with E-state index in [9.17, 15) is 9.59 Å². The van der Waals surface area contributed by atoms with Crippen LogP contribution in [0.3, 0.4) is 0 Å². The van der Waals surface area contributed by atoms with Crippen LogP contribution in [-0.2, 0) is 9.59 Å². The molecule has 62 valence electrons. The molecule has 4 heteroatoms. The third-order valence-electron chi connectivity index (χ3n) is 2.32. The van der Waals surface area contributed by atoms with E-state index in [0.29, 0.717) is 0 Å². The lowest BCUT2D eigenvalue weighted by atomic mass is 10.1. The molecule has 0 bridgehead atoms. The summed E-state index contributed by atoms with van der Waals surface area (Å²) in [5.74, 6) is -0.761. The lowest BCUT2D eigenvalue weighted by Crippen LogP contribution is -1.96. The number of rotatable bonds is 2. The zero-order chi connectivity index (χ0) is 8.81. The number of hydrogen-bond acceptors (Lipinski definition) is 2. The highest BCUT2D eigenvalue weighted by Crippen LogP contribution is 2.59. The van der Waals surface area contributed by atoms with Gasteiger partial charge in [0.15, 0.2) is 0 Å². The van der Waals surface area contributed by atoms with Gasteiger partial charge in [0.25, 0.3) is 0 Å².